The molecule has 1 heterocycles. The Balaban J connectivity index is 2.57. The van der Waals surface area contributed by atoms with Crippen LogP contribution in [0.15, 0.2) is 29.5 Å². The van der Waals surface area contributed by atoms with Crippen LogP contribution in [0, 0.1) is 5.82 Å². The molecule has 21 heavy (non-hydrogen) atoms. The van der Waals surface area contributed by atoms with Crippen molar-refractivity contribution in [2.75, 3.05) is 18.7 Å². The molecule has 2 N–H and O–H groups in total. The molecule has 0 spiro atoms. The summed E-state index contributed by atoms with van der Waals surface area (Å²) in [4.78, 5) is 10.9. The molecule has 0 atom stereocenters. The van der Waals surface area contributed by atoms with Crippen molar-refractivity contribution < 1.29 is 32.2 Å². The number of hydrogen-bond acceptors (Lipinski definition) is 4. The summed E-state index contributed by atoms with van der Waals surface area (Å²) in [5.41, 5.74) is -0.0118. The third-order valence-corrected chi connectivity index (χ3v) is 2.83. The summed E-state index contributed by atoms with van der Waals surface area (Å²) in [5.74, 6) is -2.53. The summed E-state index contributed by atoms with van der Waals surface area (Å²) in [7, 11) is 1.17. The van der Waals surface area contributed by atoms with Gasteiger partial charge in [-0.05, 0) is 12.1 Å². The quantitative estimate of drug-likeness (QED) is 0.837. The second kappa shape index (κ2) is 5.24. The highest BCUT2D eigenvalue weighted by Gasteiger charge is 2.46. The van der Waals surface area contributed by atoms with Crippen molar-refractivity contribution in [2.24, 2.45) is 0 Å². The molecule has 0 saturated heterocycles. The lowest BCUT2D eigenvalue weighted by atomic mass is 10.2. The lowest BCUT2D eigenvalue weighted by Crippen LogP contribution is -2.37. The summed E-state index contributed by atoms with van der Waals surface area (Å²) in [6.45, 7) is -0.509. The molecule has 0 bridgehead atoms. The molecule has 0 unspecified atom stereocenters. The van der Waals surface area contributed by atoms with Crippen LogP contribution in [0.2, 0.25) is 0 Å². The Bertz CT molecular complexity index is 613. The van der Waals surface area contributed by atoms with E-state index in [9.17, 15) is 22.4 Å². The SMILES string of the molecule is COc1cc(F)ccc1N1NCC(C(=O)O)=C1C(F)(F)F. The maximum atomic E-state index is 13.1. The minimum Gasteiger partial charge on any atom is -0.494 e. The molecule has 0 saturated carbocycles. The molecule has 1 aliphatic rings. The van der Waals surface area contributed by atoms with Crippen molar-refractivity contribution in [3.8, 4) is 5.75 Å². The van der Waals surface area contributed by atoms with Crippen molar-refractivity contribution in [1.82, 2.24) is 5.43 Å². The molecule has 1 aliphatic heterocycles. The number of carbonyl (C=O) groups is 1. The highest BCUT2D eigenvalue weighted by Crippen LogP contribution is 2.39. The Hall–Kier alpha value is -2.29. The van der Waals surface area contributed by atoms with E-state index in [0.29, 0.717) is 5.01 Å². The number of benzene rings is 1. The monoisotopic (exact) mass is 306 g/mol. The van der Waals surface area contributed by atoms with E-state index in [2.05, 4.69) is 5.43 Å². The number of aliphatic carboxylic acids is 1. The molecular weight excluding hydrogens is 296 g/mol. The molecule has 1 aromatic carbocycles. The van der Waals surface area contributed by atoms with Crippen LogP contribution in [0.4, 0.5) is 23.2 Å². The fraction of sp³-hybridized carbons (Fsp3) is 0.250. The zero-order valence-electron chi connectivity index (χ0n) is 10.7. The molecule has 0 fully saturated rings. The van der Waals surface area contributed by atoms with E-state index in [0.717, 1.165) is 18.2 Å². The molecule has 114 valence electrons. The van der Waals surface area contributed by atoms with E-state index in [1.54, 1.807) is 0 Å². The van der Waals surface area contributed by atoms with Crippen LogP contribution < -0.4 is 15.2 Å². The average molecular weight is 306 g/mol. The first kappa shape index (κ1) is 15.1. The van der Waals surface area contributed by atoms with Crippen molar-refractivity contribution in [3.63, 3.8) is 0 Å². The fourth-order valence-corrected chi connectivity index (χ4v) is 1.97. The number of anilines is 1. The predicted octanol–water partition coefficient (Wildman–Crippen LogP) is 2.06. The molecule has 0 amide bonds. The molecule has 0 radical (unpaired) electrons. The van der Waals surface area contributed by atoms with Gasteiger partial charge < -0.3 is 9.84 Å². The van der Waals surface area contributed by atoms with E-state index in [1.165, 1.54) is 7.11 Å². The Morgan fingerprint density at radius 2 is 2.10 bits per heavy atom. The molecular formula is C12H10F4N2O3. The van der Waals surface area contributed by atoms with Crippen LogP contribution >= 0.6 is 0 Å². The smallest absolute Gasteiger partial charge is 0.433 e. The molecule has 1 aromatic rings. The second-order valence-electron chi connectivity index (χ2n) is 4.12. The van der Waals surface area contributed by atoms with Gasteiger partial charge in [-0.1, -0.05) is 0 Å². The molecule has 0 aliphatic carbocycles. The van der Waals surface area contributed by atoms with E-state index >= 15 is 0 Å². The summed E-state index contributed by atoms with van der Waals surface area (Å²) in [6.07, 6.45) is -4.89. The van der Waals surface area contributed by atoms with E-state index < -0.39 is 35.8 Å². The van der Waals surface area contributed by atoms with Crippen LogP contribution in [-0.4, -0.2) is 30.9 Å². The number of carboxylic acids is 1. The third kappa shape index (κ3) is 2.77. The highest BCUT2D eigenvalue weighted by molar-refractivity contribution is 5.90. The van der Waals surface area contributed by atoms with Crippen molar-refractivity contribution in [1.29, 1.82) is 0 Å². The van der Waals surface area contributed by atoms with Crippen LogP contribution in [-0.2, 0) is 4.79 Å². The summed E-state index contributed by atoms with van der Waals surface area (Å²) in [5, 5.41) is 9.41. The highest BCUT2D eigenvalue weighted by atomic mass is 19.4. The molecule has 2 rings (SSSR count). The van der Waals surface area contributed by atoms with Gasteiger partial charge in [0, 0.05) is 12.6 Å². The fourth-order valence-electron chi connectivity index (χ4n) is 1.97. The predicted molar refractivity (Wildman–Crippen MR) is 64.2 cm³/mol. The van der Waals surface area contributed by atoms with Gasteiger partial charge in [0.2, 0.25) is 0 Å². The van der Waals surface area contributed by atoms with Gasteiger partial charge in [0.05, 0.1) is 18.4 Å². The summed E-state index contributed by atoms with van der Waals surface area (Å²) < 4.78 is 57.3. The Morgan fingerprint density at radius 3 is 2.62 bits per heavy atom. The number of nitrogens with one attached hydrogen (secondary N) is 1. The number of nitrogens with zero attached hydrogens (tertiary/aromatic N) is 1. The average Bonchev–Trinajstić information content (AvgIpc) is 2.83. The van der Waals surface area contributed by atoms with E-state index in [4.69, 9.17) is 9.84 Å². The molecule has 9 heteroatoms. The number of rotatable bonds is 3. The van der Waals surface area contributed by atoms with Crippen molar-refractivity contribution in [3.05, 3.63) is 35.3 Å². The van der Waals surface area contributed by atoms with Crippen LogP contribution in [0.1, 0.15) is 0 Å². The second-order valence-corrected chi connectivity index (χ2v) is 4.12. The largest absolute Gasteiger partial charge is 0.494 e. The number of hydrazine groups is 1. The minimum absolute atomic E-state index is 0.137. The van der Waals surface area contributed by atoms with Gasteiger partial charge in [0.25, 0.3) is 0 Å². The third-order valence-electron chi connectivity index (χ3n) is 2.83. The zero-order chi connectivity index (χ0) is 15.8. The number of methoxy groups -OCH3 is 1. The van der Waals surface area contributed by atoms with Gasteiger partial charge in [-0.25, -0.2) is 14.6 Å². The lowest BCUT2D eigenvalue weighted by Gasteiger charge is -2.25. The van der Waals surface area contributed by atoms with Gasteiger partial charge >= 0.3 is 12.1 Å². The first-order chi connectivity index (χ1) is 9.75. The lowest BCUT2D eigenvalue weighted by molar-refractivity contribution is -0.133. The first-order valence-electron chi connectivity index (χ1n) is 5.66. The zero-order valence-corrected chi connectivity index (χ0v) is 10.7. The van der Waals surface area contributed by atoms with Gasteiger partial charge in [0.1, 0.15) is 11.6 Å². The number of halogens is 4. The number of alkyl halides is 3. The Morgan fingerprint density at radius 1 is 1.43 bits per heavy atom. The maximum absolute atomic E-state index is 13.1. The van der Waals surface area contributed by atoms with Crippen molar-refractivity contribution in [2.45, 2.75) is 6.18 Å². The van der Waals surface area contributed by atoms with Gasteiger partial charge in [-0.3, -0.25) is 5.01 Å². The van der Waals surface area contributed by atoms with Crippen molar-refractivity contribution >= 4 is 11.7 Å². The van der Waals surface area contributed by atoms with Crippen LogP contribution in [0.25, 0.3) is 0 Å². The van der Waals surface area contributed by atoms with Crippen LogP contribution in [0.5, 0.6) is 5.75 Å². The van der Waals surface area contributed by atoms with Crippen LogP contribution in [0.3, 0.4) is 0 Å². The summed E-state index contributed by atoms with van der Waals surface area (Å²) in [6, 6.07) is 2.92. The number of allylic oxidation sites excluding steroid dienone is 1. The first-order valence-corrected chi connectivity index (χ1v) is 5.66. The normalized spacial score (nSPS) is 15.6. The maximum Gasteiger partial charge on any atom is 0.433 e. The Kier molecular flexibility index (Phi) is 3.77. The van der Waals surface area contributed by atoms with Gasteiger partial charge in [-0.2, -0.15) is 13.2 Å². The van der Waals surface area contributed by atoms with E-state index in [-0.39, 0.29) is 11.4 Å². The summed E-state index contributed by atoms with van der Waals surface area (Å²) >= 11 is 0. The van der Waals surface area contributed by atoms with Gasteiger partial charge in [-0.15, -0.1) is 0 Å². The number of hydrogen-bond donors (Lipinski definition) is 2. The minimum atomic E-state index is -4.89. The Labute approximate surface area is 116 Å². The molecule has 5 nitrogen and oxygen atoms in total. The van der Waals surface area contributed by atoms with E-state index in [1.807, 2.05) is 0 Å². The topological polar surface area (TPSA) is 61.8 Å². The number of carboxylic acid groups (broad SMARTS) is 1. The standard InChI is InChI=1S/C12H10F4N2O3/c1-21-9-4-6(13)2-3-8(9)18-10(12(14,15)16)7(5-17-18)11(19)20/h2-4,17H,5H2,1H3,(H,19,20). The van der Waals surface area contributed by atoms with Gasteiger partial charge in [0.15, 0.2) is 5.70 Å². The molecule has 0 aromatic heterocycles. The number of ether oxygens (including phenoxy) is 1.